The minimum Gasteiger partial charge on any atom is -0.493 e. The van der Waals surface area contributed by atoms with Gasteiger partial charge in [0.1, 0.15) is 5.82 Å². The Morgan fingerprint density at radius 2 is 1.90 bits per heavy atom. The fourth-order valence-electron chi connectivity index (χ4n) is 3.34. The highest BCUT2D eigenvalue weighted by molar-refractivity contribution is 5.94. The Hall–Kier alpha value is -3.35. The summed E-state index contributed by atoms with van der Waals surface area (Å²) in [5.74, 6) is 1.91. The first-order chi connectivity index (χ1) is 14.9. The first-order valence-electron chi connectivity index (χ1n) is 10.4. The van der Waals surface area contributed by atoms with Gasteiger partial charge in [-0.3, -0.25) is 9.59 Å². The first-order valence-corrected chi connectivity index (χ1v) is 10.4. The van der Waals surface area contributed by atoms with E-state index >= 15 is 0 Å². The molecule has 0 unspecified atom stereocenters. The van der Waals surface area contributed by atoms with Gasteiger partial charge < -0.3 is 19.8 Å². The first kappa shape index (κ1) is 22.3. The molecule has 2 N–H and O–H groups in total. The highest BCUT2D eigenvalue weighted by Crippen LogP contribution is 2.28. The van der Waals surface area contributed by atoms with Gasteiger partial charge in [0.2, 0.25) is 5.91 Å². The number of imidazole rings is 1. The Kier molecular flexibility index (Phi) is 7.28. The number of hydrogen-bond acceptors (Lipinski definition) is 5. The molecular formula is C24H29N3O4. The van der Waals surface area contributed by atoms with E-state index in [0.29, 0.717) is 36.5 Å². The molecule has 1 atom stereocenters. The Balaban J connectivity index is 1.53. The van der Waals surface area contributed by atoms with Crippen LogP contribution < -0.4 is 14.8 Å². The molecule has 7 nitrogen and oxygen atoms in total. The summed E-state index contributed by atoms with van der Waals surface area (Å²) in [6.45, 7) is 5.97. The maximum atomic E-state index is 12.5. The molecular weight excluding hydrogens is 394 g/mol. The van der Waals surface area contributed by atoms with E-state index in [9.17, 15) is 9.59 Å². The van der Waals surface area contributed by atoms with Crippen LogP contribution >= 0.6 is 0 Å². The van der Waals surface area contributed by atoms with Crippen molar-refractivity contribution < 1.29 is 19.1 Å². The molecule has 7 heteroatoms. The van der Waals surface area contributed by atoms with E-state index in [1.54, 1.807) is 18.2 Å². The molecule has 0 aliphatic heterocycles. The van der Waals surface area contributed by atoms with Gasteiger partial charge in [0.15, 0.2) is 17.3 Å². The second-order valence-corrected chi connectivity index (χ2v) is 7.80. The second kappa shape index (κ2) is 10.1. The van der Waals surface area contributed by atoms with E-state index in [2.05, 4.69) is 29.1 Å². The van der Waals surface area contributed by atoms with Gasteiger partial charge in [-0.15, -0.1) is 0 Å². The van der Waals surface area contributed by atoms with Gasteiger partial charge >= 0.3 is 0 Å². The van der Waals surface area contributed by atoms with Gasteiger partial charge in [0.25, 0.3) is 0 Å². The van der Waals surface area contributed by atoms with Crippen LogP contribution in [-0.2, 0) is 4.79 Å². The summed E-state index contributed by atoms with van der Waals surface area (Å²) in [6, 6.07) is 12.7. The number of carbonyl (C=O) groups is 2. The van der Waals surface area contributed by atoms with Gasteiger partial charge in [-0.05, 0) is 49.6 Å². The number of amides is 1. The van der Waals surface area contributed by atoms with Crippen molar-refractivity contribution in [2.24, 2.45) is 5.92 Å². The lowest BCUT2D eigenvalue weighted by Gasteiger charge is -2.20. The average molecular weight is 424 g/mol. The summed E-state index contributed by atoms with van der Waals surface area (Å²) in [5, 5.41) is 3.08. The maximum absolute atomic E-state index is 12.5. The van der Waals surface area contributed by atoms with Gasteiger partial charge in [-0.1, -0.05) is 26.0 Å². The molecule has 0 bridgehead atoms. The van der Waals surface area contributed by atoms with E-state index in [0.717, 1.165) is 16.9 Å². The van der Waals surface area contributed by atoms with Crippen LogP contribution in [0, 0.1) is 5.92 Å². The number of ketones is 1. The molecule has 1 heterocycles. The Bertz CT molecular complexity index is 1020. The molecule has 3 aromatic rings. The SMILES string of the molecule is COc1cc(C(C)=O)ccc1OCCCC(=O)N[C@@H](c1nc2ccccc2[nH]1)C(C)C. The third-order valence-corrected chi connectivity index (χ3v) is 5.06. The zero-order chi connectivity index (χ0) is 22.4. The third kappa shape index (κ3) is 5.63. The Morgan fingerprint density at radius 3 is 2.58 bits per heavy atom. The van der Waals surface area contributed by atoms with Crippen molar-refractivity contribution in [2.75, 3.05) is 13.7 Å². The highest BCUT2D eigenvalue weighted by Gasteiger charge is 2.21. The van der Waals surface area contributed by atoms with E-state index in [4.69, 9.17) is 9.47 Å². The van der Waals surface area contributed by atoms with Crippen molar-refractivity contribution in [1.82, 2.24) is 15.3 Å². The second-order valence-electron chi connectivity index (χ2n) is 7.80. The summed E-state index contributed by atoms with van der Waals surface area (Å²) in [4.78, 5) is 32.0. The normalized spacial score (nSPS) is 12.0. The fraction of sp³-hybridized carbons (Fsp3) is 0.375. The number of para-hydroxylation sites is 2. The predicted molar refractivity (Wildman–Crippen MR) is 120 cm³/mol. The van der Waals surface area contributed by atoms with E-state index in [-0.39, 0.29) is 23.7 Å². The maximum Gasteiger partial charge on any atom is 0.220 e. The number of carbonyl (C=O) groups excluding carboxylic acids is 2. The summed E-state index contributed by atoms with van der Waals surface area (Å²) in [5.41, 5.74) is 2.40. The number of Topliss-reactive ketones (excluding diaryl/α,β-unsaturated/α-hetero) is 1. The number of aromatic amines is 1. The summed E-state index contributed by atoms with van der Waals surface area (Å²) in [6.07, 6.45) is 0.881. The van der Waals surface area contributed by atoms with Crippen LogP contribution in [0.1, 0.15) is 55.8 Å². The van der Waals surface area contributed by atoms with E-state index < -0.39 is 0 Å². The van der Waals surface area contributed by atoms with E-state index in [1.807, 2.05) is 24.3 Å². The van der Waals surface area contributed by atoms with Crippen LogP contribution in [0.3, 0.4) is 0 Å². The zero-order valence-corrected chi connectivity index (χ0v) is 18.4. The molecule has 1 amide bonds. The molecule has 2 aromatic carbocycles. The Labute approximate surface area is 182 Å². The van der Waals surface area contributed by atoms with Crippen molar-refractivity contribution in [3.05, 3.63) is 53.9 Å². The van der Waals surface area contributed by atoms with Crippen molar-refractivity contribution in [3.8, 4) is 11.5 Å². The van der Waals surface area contributed by atoms with Gasteiger partial charge in [0.05, 0.1) is 30.8 Å². The number of ether oxygens (including phenoxy) is 2. The number of benzene rings is 2. The number of aromatic nitrogens is 2. The number of nitrogens with zero attached hydrogens (tertiary/aromatic N) is 1. The lowest BCUT2D eigenvalue weighted by Crippen LogP contribution is -2.32. The molecule has 0 aliphatic rings. The highest BCUT2D eigenvalue weighted by atomic mass is 16.5. The van der Waals surface area contributed by atoms with Crippen LogP contribution in [0.2, 0.25) is 0 Å². The molecule has 0 saturated heterocycles. The fourth-order valence-corrected chi connectivity index (χ4v) is 3.34. The quantitative estimate of drug-likeness (QED) is 0.371. The molecule has 3 rings (SSSR count). The number of hydrogen-bond donors (Lipinski definition) is 2. The smallest absolute Gasteiger partial charge is 0.220 e. The van der Waals surface area contributed by atoms with Gasteiger partial charge in [-0.2, -0.15) is 0 Å². The minimum atomic E-state index is -0.194. The molecule has 0 fully saturated rings. The molecule has 0 radical (unpaired) electrons. The monoisotopic (exact) mass is 423 g/mol. The summed E-state index contributed by atoms with van der Waals surface area (Å²) >= 11 is 0. The summed E-state index contributed by atoms with van der Waals surface area (Å²) in [7, 11) is 1.53. The minimum absolute atomic E-state index is 0.0364. The van der Waals surface area contributed by atoms with Gasteiger partial charge in [-0.25, -0.2) is 4.98 Å². The predicted octanol–water partition coefficient (Wildman–Crippen LogP) is 4.45. The topological polar surface area (TPSA) is 93.3 Å². The number of methoxy groups -OCH3 is 1. The molecule has 0 aliphatic carbocycles. The zero-order valence-electron chi connectivity index (χ0n) is 18.4. The number of rotatable bonds is 10. The molecule has 31 heavy (non-hydrogen) atoms. The number of fused-ring (bicyclic) bond motifs is 1. The van der Waals surface area contributed by atoms with Crippen molar-refractivity contribution in [1.29, 1.82) is 0 Å². The van der Waals surface area contributed by atoms with Gasteiger partial charge in [0, 0.05) is 12.0 Å². The van der Waals surface area contributed by atoms with Crippen LogP contribution in [0.5, 0.6) is 11.5 Å². The van der Waals surface area contributed by atoms with Crippen molar-refractivity contribution in [3.63, 3.8) is 0 Å². The lowest BCUT2D eigenvalue weighted by molar-refractivity contribution is -0.122. The third-order valence-electron chi connectivity index (χ3n) is 5.06. The van der Waals surface area contributed by atoms with Crippen molar-refractivity contribution in [2.45, 2.75) is 39.7 Å². The van der Waals surface area contributed by atoms with E-state index in [1.165, 1.54) is 14.0 Å². The Morgan fingerprint density at radius 1 is 1.13 bits per heavy atom. The number of H-pyrrole nitrogens is 1. The summed E-state index contributed by atoms with van der Waals surface area (Å²) < 4.78 is 11.1. The standard InChI is InChI=1S/C24H29N3O4/c1-15(2)23(24-25-18-8-5-6-9-19(18)26-24)27-22(29)10-7-13-31-20-12-11-17(16(3)28)14-21(20)30-4/h5-6,8-9,11-12,14-15,23H,7,10,13H2,1-4H3,(H,25,26)(H,27,29)/t23-/m1/s1. The number of nitrogens with one attached hydrogen (secondary N) is 2. The molecule has 0 saturated carbocycles. The largest absolute Gasteiger partial charge is 0.493 e. The van der Waals surface area contributed by atoms with Crippen LogP contribution in [0.25, 0.3) is 11.0 Å². The lowest BCUT2D eigenvalue weighted by atomic mass is 10.0. The molecule has 1 aromatic heterocycles. The van der Waals surface area contributed by atoms with Crippen molar-refractivity contribution >= 4 is 22.7 Å². The van der Waals surface area contributed by atoms with Crippen LogP contribution in [0.15, 0.2) is 42.5 Å². The van der Waals surface area contributed by atoms with Crippen LogP contribution in [0.4, 0.5) is 0 Å². The average Bonchev–Trinajstić information content (AvgIpc) is 3.18. The van der Waals surface area contributed by atoms with Crippen LogP contribution in [-0.4, -0.2) is 35.4 Å². The molecule has 0 spiro atoms. The molecule has 164 valence electrons.